The minimum Gasteiger partial charge on any atom is -0.386 e. The van der Waals surface area contributed by atoms with Crippen molar-refractivity contribution in [3.8, 4) is 0 Å². The van der Waals surface area contributed by atoms with Gasteiger partial charge >= 0.3 is 0 Å². The third-order valence-corrected chi connectivity index (χ3v) is 4.84. The zero-order chi connectivity index (χ0) is 12.5. The summed E-state index contributed by atoms with van der Waals surface area (Å²) in [5.41, 5.74) is 0.548. The fraction of sp³-hybridized carbons (Fsp3) is 0.545. The van der Waals surface area contributed by atoms with E-state index in [0.29, 0.717) is 24.7 Å². The minimum atomic E-state index is -3.45. The van der Waals surface area contributed by atoms with Gasteiger partial charge in [-0.1, -0.05) is 6.92 Å². The van der Waals surface area contributed by atoms with E-state index in [1.54, 1.807) is 19.2 Å². The third kappa shape index (κ3) is 2.28. The number of rotatable bonds is 3. The van der Waals surface area contributed by atoms with Crippen LogP contribution in [0.2, 0.25) is 0 Å². The van der Waals surface area contributed by atoms with Crippen molar-refractivity contribution in [2.75, 3.05) is 25.5 Å². The van der Waals surface area contributed by atoms with E-state index >= 15 is 0 Å². The van der Waals surface area contributed by atoms with E-state index in [2.05, 4.69) is 17.2 Å². The average Bonchev–Trinajstić information content (AvgIpc) is 2.76. The first-order valence-electron chi connectivity index (χ1n) is 5.68. The van der Waals surface area contributed by atoms with Crippen molar-refractivity contribution in [2.24, 2.45) is 5.92 Å². The third-order valence-electron chi connectivity index (χ3n) is 3.01. The Labute approximate surface area is 102 Å². The maximum atomic E-state index is 12.4. The Morgan fingerprint density at radius 3 is 2.88 bits per heavy atom. The Balaban J connectivity index is 2.38. The fourth-order valence-corrected chi connectivity index (χ4v) is 3.70. The van der Waals surface area contributed by atoms with Gasteiger partial charge in [-0.15, -0.1) is 0 Å². The highest BCUT2D eigenvalue weighted by molar-refractivity contribution is 7.89. The van der Waals surface area contributed by atoms with E-state index in [4.69, 9.17) is 0 Å². The molecule has 0 aliphatic carbocycles. The standard InChI is InChI=1S/C11H17N3O2S/c1-9-5-7-14(8-9)17(15,16)11-10(12-2)4-3-6-13-11/h3-4,6,9,12H,5,7-8H2,1-2H3. The maximum Gasteiger partial charge on any atom is 0.262 e. The normalized spacial score (nSPS) is 21.6. The summed E-state index contributed by atoms with van der Waals surface area (Å²) in [7, 11) is -1.76. The quantitative estimate of drug-likeness (QED) is 0.880. The van der Waals surface area contributed by atoms with Gasteiger partial charge in [0.2, 0.25) is 0 Å². The molecule has 2 heterocycles. The van der Waals surface area contributed by atoms with Crippen LogP contribution < -0.4 is 5.32 Å². The number of sulfonamides is 1. The van der Waals surface area contributed by atoms with E-state index in [0.717, 1.165) is 6.42 Å². The van der Waals surface area contributed by atoms with Crippen LogP contribution in [0, 0.1) is 5.92 Å². The van der Waals surface area contributed by atoms with Gasteiger partial charge in [-0.3, -0.25) is 0 Å². The Hall–Kier alpha value is -1.14. The van der Waals surface area contributed by atoms with Crippen molar-refractivity contribution in [3.05, 3.63) is 18.3 Å². The monoisotopic (exact) mass is 255 g/mol. The topological polar surface area (TPSA) is 62.3 Å². The van der Waals surface area contributed by atoms with Crippen molar-refractivity contribution in [1.82, 2.24) is 9.29 Å². The molecule has 0 saturated carbocycles. The van der Waals surface area contributed by atoms with Gasteiger partial charge in [0, 0.05) is 26.3 Å². The second-order valence-electron chi connectivity index (χ2n) is 4.36. The van der Waals surface area contributed by atoms with Crippen LogP contribution in [0.25, 0.3) is 0 Å². The number of nitrogens with zero attached hydrogens (tertiary/aromatic N) is 2. The zero-order valence-electron chi connectivity index (χ0n) is 10.0. The summed E-state index contributed by atoms with van der Waals surface area (Å²) < 4.78 is 26.3. The molecule has 6 heteroatoms. The van der Waals surface area contributed by atoms with Crippen LogP contribution in [0.1, 0.15) is 13.3 Å². The summed E-state index contributed by atoms with van der Waals surface area (Å²) in [6.45, 7) is 3.23. The van der Waals surface area contributed by atoms with Crippen molar-refractivity contribution in [2.45, 2.75) is 18.4 Å². The molecule has 17 heavy (non-hydrogen) atoms. The van der Waals surface area contributed by atoms with Gasteiger partial charge in [0.25, 0.3) is 10.0 Å². The number of aromatic nitrogens is 1. The second-order valence-corrected chi connectivity index (χ2v) is 6.22. The lowest BCUT2D eigenvalue weighted by Gasteiger charge is -2.17. The average molecular weight is 255 g/mol. The van der Waals surface area contributed by atoms with Crippen LogP contribution in [0.3, 0.4) is 0 Å². The Kier molecular flexibility index (Phi) is 3.35. The largest absolute Gasteiger partial charge is 0.386 e. The molecule has 1 saturated heterocycles. The molecular weight excluding hydrogens is 238 g/mol. The predicted octanol–water partition coefficient (Wildman–Crippen LogP) is 1.15. The molecule has 94 valence electrons. The van der Waals surface area contributed by atoms with E-state index in [1.807, 2.05) is 0 Å². The smallest absolute Gasteiger partial charge is 0.262 e. The molecule has 5 nitrogen and oxygen atoms in total. The van der Waals surface area contributed by atoms with Crippen LogP contribution in [-0.4, -0.2) is 37.8 Å². The van der Waals surface area contributed by atoms with Gasteiger partial charge < -0.3 is 5.32 Å². The molecule has 1 fully saturated rings. The molecule has 1 atom stereocenters. The molecule has 1 aromatic rings. The lowest BCUT2D eigenvalue weighted by molar-refractivity contribution is 0.462. The van der Waals surface area contributed by atoms with E-state index in [1.165, 1.54) is 10.5 Å². The summed E-state index contributed by atoms with van der Waals surface area (Å²) in [5, 5.41) is 2.99. The van der Waals surface area contributed by atoms with Gasteiger partial charge in [-0.2, -0.15) is 4.31 Å². The molecule has 1 unspecified atom stereocenters. The first-order chi connectivity index (χ1) is 8.05. The molecule has 1 aromatic heterocycles. The Morgan fingerprint density at radius 1 is 1.53 bits per heavy atom. The van der Waals surface area contributed by atoms with E-state index in [9.17, 15) is 8.42 Å². The Morgan fingerprint density at radius 2 is 2.29 bits per heavy atom. The van der Waals surface area contributed by atoms with Crippen molar-refractivity contribution in [3.63, 3.8) is 0 Å². The molecule has 1 N–H and O–H groups in total. The molecule has 0 radical (unpaired) electrons. The van der Waals surface area contributed by atoms with E-state index in [-0.39, 0.29) is 5.03 Å². The van der Waals surface area contributed by atoms with Crippen molar-refractivity contribution < 1.29 is 8.42 Å². The van der Waals surface area contributed by atoms with Gasteiger partial charge in [0.05, 0.1) is 5.69 Å². The van der Waals surface area contributed by atoms with E-state index < -0.39 is 10.0 Å². The molecule has 0 amide bonds. The first-order valence-corrected chi connectivity index (χ1v) is 7.12. The zero-order valence-corrected chi connectivity index (χ0v) is 10.9. The van der Waals surface area contributed by atoms with Crippen LogP contribution in [0.15, 0.2) is 23.4 Å². The number of nitrogens with one attached hydrogen (secondary N) is 1. The predicted molar refractivity (Wildman–Crippen MR) is 66.3 cm³/mol. The molecule has 1 aliphatic rings. The SMILES string of the molecule is CNc1cccnc1S(=O)(=O)N1CCC(C)C1. The molecule has 0 aromatic carbocycles. The Bertz CT molecular complexity index is 501. The van der Waals surface area contributed by atoms with Crippen molar-refractivity contribution in [1.29, 1.82) is 0 Å². The van der Waals surface area contributed by atoms with Gasteiger partial charge in [0.15, 0.2) is 5.03 Å². The minimum absolute atomic E-state index is 0.122. The van der Waals surface area contributed by atoms with Gasteiger partial charge in [-0.05, 0) is 24.5 Å². The van der Waals surface area contributed by atoms with Crippen LogP contribution in [0.5, 0.6) is 0 Å². The molecule has 0 bridgehead atoms. The number of anilines is 1. The second kappa shape index (κ2) is 4.62. The number of pyridine rings is 1. The van der Waals surface area contributed by atoms with Crippen LogP contribution >= 0.6 is 0 Å². The highest BCUT2D eigenvalue weighted by Gasteiger charge is 2.32. The van der Waals surface area contributed by atoms with Crippen LogP contribution in [0.4, 0.5) is 5.69 Å². The van der Waals surface area contributed by atoms with Gasteiger partial charge in [-0.25, -0.2) is 13.4 Å². The highest BCUT2D eigenvalue weighted by Crippen LogP contribution is 2.26. The summed E-state index contributed by atoms with van der Waals surface area (Å²) in [4.78, 5) is 4.00. The number of hydrogen-bond acceptors (Lipinski definition) is 4. The molecular formula is C11H17N3O2S. The first kappa shape index (κ1) is 12.3. The molecule has 0 spiro atoms. The van der Waals surface area contributed by atoms with Crippen molar-refractivity contribution >= 4 is 15.7 Å². The van der Waals surface area contributed by atoms with Gasteiger partial charge in [0.1, 0.15) is 0 Å². The lowest BCUT2D eigenvalue weighted by Crippen LogP contribution is -2.29. The van der Waals surface area contributed by atoms with Crippen LogP contribution in [-0.2, 0) is 10.0 Å². The summed E-state index contributed by atoms with van der Waals surface area (Å²) in [6, 6.07) is 3.44. The number of hydrogen-bond donors (Lipinski definition) is 1. The maximum absolute atomic E-state index is 12.4. The summed E-state index contributed by atoms with van der Waals surface area (Å²) in [5.74, 6) is 0.423. The fourth-order valence-electron chi connectivity index (χ4n) is 2.02. The lowest BCUT2D eigenvalue weighted by atomic mass is 10.2. The summed E-state index contributed by atoms with van der Waals surface area (Å²) in [6.07, 6.45) is 2.42. The molecule has 2 rings (SSSR count). The summed E-state index contributed by atoms with van der Waals surface area (Å²) >= 11 is 0. The molecule has 1 aliphatic heterocycles. The highest BCUT2D eigenvalue weighted by atomic mass is 32.2.